The molecule has 2 aromatic rings. The Morgan fingerprint density at radius 1 is 1.16 bits per heavy atom. The molecule has 2 rings (SSSR count). The van der Waals surface area contributed by atoms with Crippen LogP contribution in [-0.4, -0.2) is 19.5 Å². The number of nitrogens with zero attached hydrogens (tertiary/aromatic N) is 4. The van der Waals surface area contributed by atoms with Crippen LogP contribution in [0, 0.1) is 13.8 Å². The number of rotatable bonds is 4. The van der Waals surface area contributed by atoms with Gasteiger partial charge in [-0.05, 0) is 38.4 Å². The molecule has 0 atom stereocenters. The summed E-state index contributed by atoms with van der Waals surface area (Å²) in [7, 11) is 0. The molecule has 19 heavy (non-hydrogen) atoms. The highest BCUT2D eigenvalue weighted by molar-refractivity contribution is 7.98. The maximum atomic E-state index is 6.09. The van der Waals surface area contributed by atoms with Crippen LogP contribution in [0.15, 0.2) is 11.2 Å². The van der Waals surface area contributed by atoms with Crippen molar-refractivity contribution in [1.29, 1.82) is 0 Å². The summed E-state index contributed by atoms with van der Waals surface area (Å²) < 4.78 is 1.89. The molecule has 0 aliphatic heterocycles. The Hall–Kier alpha value is -0.780. The third-order valence-corrected chi connectivity index (χ3v) is 4.04. The lowest BCUT2D eigenvalue weighted by Crippen LogP contribution is -2.00. The number of imidazole rings is 1. The average Bonchev–Trinajstić information content (AvgIpc) is 2.59. The van der Waals surface area contributed by atoms with Gasteiger partial charge in [0.1, 0.15) is 0 Å². The largest absolute Gasteiger partial charge is 0.317 e. The highest BCUT2D eigenvalue weighted by Crippen LogP contribution is 2.27. The van der Waals surface area contributed by atoms with Crippen LogP contribution < -0.4 is 0 Å². The van der Waals surface area contributed by atoms with E-state index in [1.54, 1.807) is 0 Å². The molecule has 0 aliphatic carbocycles. The second-order valence-electron chi connectivity index (χ2n) is 4.08. The van der Waals surface area contributed by atoms with Crippen molar-refractivity contribution in [2.45, 2.75) is 38.2 Å². The van der Waals surface area contributed by atoms with Gasteiger partial charge >= 0.3 is 0 Å². The zero-order valence-corrected chi connectivity index (χ0v) is 13.3. The van der Waals surface area contributed by atoms with Crippen molar-refractivity contribution in [3.05, 3.63) is 33.6 Å². The fourth-order valence-corrected chi connectivity index (χ4v) is 3.43. The lowest BCUT2D eigenvalue weighted by molar-refractivity contribution is 0.734. The normalized spacial score (nSPS) is 11.0. The van der Waals surface area contributed by atoms with Gasteiger partial charge in [-0.1, -0.05) is 23.4 Å². The summed E-state index contributed by atoms with van der Waals surface area (Å²) in [6.45, 7) is 6.66. The van der Waals surface area contributed by atoms with E-state index in [4.69, 9.17) is 23.2 Å². The average molecular weight is 317 g/mol. The molecule has 0 saturated heterocycles. The standard InChI is InChI=1S/C12H14Cl2N4S/c1-4-18-9(10(13)17-11(18)14)6-19-12-15-7(2)5-8(3)16-12/h5H,4,6H2,1-3H3. The molecule has 4 nitrogen and oxygen atoms in total. The molecule has 0 saturated carbocycles. The first-order chi connectivity index (χ1) is 9.01. The smallest absolute Gasteiger partial charge is 0.204 e. The highest BCUT2D eigenvalue weighted by atomic mass is 35.5. The van der Waals surface area contributed by atoms with Gasteiger partial charge in [0.25, 0.3) is 0 Å². The summed E-state index contributed by atoms with van der Waals surface area (Å²) in [5.74, 6) is 0.648. The van der Waals surface area contributed by atoms with Crippen LogP contribution >= 0.6 is 35.0 Å². The van der Waals surface area contributed by atoms with Crippen LogP contribution in [-0.2, 0) is 12.3 Å². The van der Waals surface area contributed by atoms with E-state index in [9.17, 15) is 0 Å². The van der Waals surface area contributed by atoms with Gasteiger partial charge in [0.05, 0.1) is 5.69 Å². The first-order valence-corrected chi connectivity index (χ1v) is 7.61. The second kappa shape index (κ2) is 6.11. The number of aryl methyl sites for hydroxylation is 2. The molecule has 0 spiro atoms. The summed E-state index contributed by atoms with van der Waals surface area (Å²) in [6.07, 6.45) is 0. The Morgan fingerprint density at radius 2 is 1.79 bits per heavy atom. The van der Waals surface area contributed by atoms with Gasteiger partial charge in [0.2, 0.25) is 5.28 Å². The van der Waals surface area contributed by atoms with Crippen molar-refractivity contribution in [3.63, 3.8) is 0 Å². The Morgan fingerprint density at radius 3 is 2.37 bits per heavy atom. The molecular weight excluding hydrogens is 303 g/mol. The predicted octanol–water partition coefficient (Wildman–Crippen LogP) is 3.91. The van der Waals surface area contributed by atoms with Gasteiger partial charge in [-0.25, -0.2) is 15.0 Å². The van der Waals surface area contributed by atoms with E-state index < -0.39 is 0 Å². The van der Waals surface area contributed by atoms with Gasteiger partial charge in [0.15, 0.2) is 10.3 Å². The van der Waals surface area contributed by atoms with E-state index in [0.717, 1.165) is 28.8 Å². The molecule has 102 valence electrons. The zero-order valence-electron chi connectivity index (χ0n) is 10.9. The van der Waals surface area contributed by atoms with Crippen LogP contribution in [0.5, 0.6) is 0 Å². The molecule has 2 heterocycles. The third-order valence-electron chi connectivity index (χ3n) is 2.59. The Kier molecular flexibility index (Phi) is 4.71. The van der Waals surface area contributed by atoms with Gasteiger partial charge in [0, 0.05) is 23.7 Å². The molecule has 2 aromatic heterocycles. The van der Waals surface area contributed by atoms with E-state index in [0.29, 0.717) is 16.2 Å². The molecule has 0 aromatic carbocycles. The first kappa shape index (κ1) is 14.6. The maximum absolute atomic E-state index is 6.09. The Bertz CT molecular complexity index is 577. The zero-order chi connectivity index (χ0) is 14.0. The summed E-state index contributed by atoms with van der Waals surface area (Å²) in [5, 5.41) is 1.61. The SMILES string of the molecule is CCn1c(Cl)nc(Cl)c1CSc1nc(C)cc(C)n1. The number of halogens is 2. The number of aromatic nitrogens is 4. The van der Waals surface area contributed by atoms with Gasteiger partial charge in [-0.15, -0.1) is 0 Å². The second-order valence-corrected chi connectivity index (χ2v) is 5.72. The molecular formula is C12H14Cl2N4S. The number of hydrogen-bond acceptors (Lipinski definition) is 4. The van der Waals surface area contributed by atoms with E-state index in [1.165, 1.54) is 11.8 Å². The highest BCUT2D eigenvalue weighted by Gasteiger charge is 2.14. The van der Waals surface area contributed by atoms with E-state index in [2.05, 4.69) is 15.0 Å². The van der Waals surface area contributed by atoms with E-state index in [1.807, 2.05) is 31.4 Å². The first-order valence-electron chi connectivity index (χ1n) is 5.86. The molecule has 0 aliphatic rings. The fourth-order valence-electron chi connectivity index (χ4n) is 1.78. The summed E-state index contributed by atoms with van der Waals surface area (Å²) in [5.41, 5.74) is 2.83. The van der Waals surface area contributed by atoms with Crippen molar-refractivity contribution >= 4 is 35.0 Å². The van der Waals surface area contributed by atoms with Crippen molar-refractivity contribution in [3.8, 4) is 0 Å². The topological polar surface area (TPSA) is 43.6 Å². The monoisotopic (exact) mass is 316 g/mol. The summed E-state index contributed by atoms with van der Waals surface area (Å²) in [4.78, 5) is 12.8. The van der Waals surface area contributed by atoms with E-state index >= 15 is 0 Å². The fraction of sp³-hybridized carbons (Fsp3) is 0.417. The summed E-state index contributed by atoms with van der Waals surface area (Å²) in [6, 6.07) is 1.95. The molecule has 0 bridgehead atoms. The van der Waals surface area contributed by atoms with Gasteiger partial charge in [-0.3, -0.25) is 0 Å². The van der Waals surface area contributed by atoms with Crippen molar-refractivity contribution in [2.24, 2.45) is 0 Å². The van der Waals surface area contributed by atoms with Gasteiger partial charge in [-0.2, -0.15) is 0 Å². The van der Waals surface area contributed by atoms with Gasteiger partial charge < -0.3 is 4.57 Å². The van der Waals surface area contributed by atoms with Crippen LogP contribution in [0.3, 0.4) is 0 Å². The molecule has 7 heteroatoms. The Balaban J connectivity index is 2.18. The number of hydrogen-bond donors (Lipinski definition) is 0. The minimum Gasteiger partial charge on any atom is -0.317 e. The lowest BCUT2D eigenvalue weighted by atomic mass is 10.4. The number of thioether (sulfide) groups is 1. The van der Waals surface area contributed by atoms with Crippen LogP contribution in [0.4, 0.5) is 0 Å². The van der Waals surface area contributed by atoms with Crippen LogP contribution in [0.25, 0.3) is 0 Å². The lowest BCUT2D eigenvalue weighted by Gasteiger charge is -2.06. The quantitative estimate of drug-likeness (QED) is 0.633. The summed E-state index contributed by atoms with van der Waals surface area (Å²) >= 11 is 13.6. The predicted molar refractivity (Wildman–Crippen MR) is 79.0 cm³/mol. The minimum absolute atomic E-state index is 0.421. The Labute approximate surface area is 126 Å². The van der Waals surface area contributed by atoms with E-state index in [-0.39, 0.29) is 0 Å². The molecule has 0 radical (unpaired) electrons. The van der Waals surface area contributed by atoms with Crippen molar-refractivity contribution < 1.29 is 0 Å². The minimum atomic E-state index is 0.421. The van der Waals surface area contributed by atoms with Crippen LogP contribution in [0.1, 0.15) is 24.0 Å². The molecule has 0 amide bonds. The van der Waals surface area contributed by atoms with Crippen LogP contribution in [0.2, 0.25) is 10.4 Å². The maximum Gasteiger partial charge on any atom is 0.204 e. The van der Waals surface area contributed by atoms with Crippen molar-refractivity contribution in [2.75, 3.05) is 0 Å². The molecule has 0 fully saturated rings. The molecule has 0 unspecified atom stereocenters. The van der Waals surface area contributed by atoms with Crippen molar-refractivity contribution in [1.82, 2.24) is 19.5 Å². The third kappa shape index (κ3) is 3.41. The molecule has 0 N–H and O–H groups in total.